The fraction of sp³-hybridized carbons (Fsp3) is 0.524. The van der Waals surface area contributed by atoms with Gasteiger partial charge in [0.2, 0.25) is 0 Å². The number of nitrogens with zero attached hydrogens (tertiary/aromatic N) is 2. The average Bonchev–Trinajstić information content (AvgIpc) is 3.34. The number of ether oxygens (including phenoxy) is 2. The highest BCUT2D eigenvalue weighted by atomic mass is 32.1. The number of morpholine rings is 1. The standard InChI is InChI=1S/C21H26N2O4S/c1-14-15(2)28-20(22-9-5-6-10-22)19(14)21(25)27-13-18(24)23-11-12-26-17-8-4-3-7-16(17)23/h5-6,9-10,16-17H,3-4,7-8,11-13H2,1-2H3/t16-,17-/m1/s1. The SMILES string of the molecule is Cc1sc(-n2cccc2)c(C(=O)OCC(=O)N2CCO[C@@H]3CCCC[C@H]32)c1C. The monoisotopic (exact) mass is 402 g/mol. The van der Waals surface area contributed by atoms with Gasteiger partial charge < -0.3 is 18.9 Å². The molecule has 2 atom stereocenters. The zero-order valence-electron chi connectivity index (χ0n) is 16.3. The molecule has 1 saturated carbocycles. The smallest absolute Gasteiger partial charge is 0.341 e. The Bertz CT molecular complexity index is 856. The van der Waals surface area contributed by atoms with Crippen LogP contribution in [0.3, 0.4) is 0 Å². The third kappa shape index (κ3) is 3.61. The van der Waals surface area contributed by atoms with Gasteiger partial charge in [0.15, 0.2) is 6.61 Å². The molecule has 1 saturated heterocycles. The Morgan fingerprint density at radius 3 is 2.75 bits per heavy atom. The van der Waals surface area contributed by atoms with Crippen molar-refractivity contribution in [1.29, 1.82) is 0 Å². The fourth-order valence-electron chi connectivity index (χ4n) is 4.19. The number of rotatable bonds is 4. The van der Waals surface area contributed by atoms with Crippen LogP contribution >= 0.6 is 11.3 Å². The normalized spacial score (nSPS) is 22.0. The summed E-state index contributed by atoms with van der Waals surface area (Å²) in [4.78, 5) is 28.6. The average molecular weight is 403 g/mol. The largest absolute Gasteiger partial charge is 0.452 e. The fourth-order valence-corrected chi connectivity index (χ4v) is 5.30. The van der Waals surface area contributed by atoms with Crippen molar-refractivity contribution in [2.45, 2.75) is 51.7 Å². The van der Waals surface area contributed by atoms with Gasteiger partial charge >= 0.3 is 5.97 Å². The number of thiophene rings is 1. The molecule has 0 radical (unpaired) electrons. The van der Waals surface area contributed by atoms with E-state index < -0.39 is 5.97 Å². The summed E-state index contributed by atoms with van der Waals surface area (Å²) in [7, 11) is 0. The van der Waals surface area contributed by atoms with E-state index in [-0.39, 0.29) is 24.7 Å². The summed E-state index contributed by atoms with van der Waals surface area (Å²) >= 11 is 1.55. The summed E-state index contributed by atoms with van der Waals surface area (Å²) < 4.78 is 13.2. The number of amides is 1. The summed E-state index contributed by atoms with van der Waals surface area (Å²) in [6.07, 6.45) is 8.17. The second kappa shape index (κ2) is 8.09. The molecule has 0 bridgehead atoms. The predicted molar refractivity (Wildman–Crippen MR) is 107 cm³/mol. The Morgan fingerprint density at radius 2 is 1.96 bits per heavy atom. The molecule has 2 fully saturated rings. The number of fused-ring (bicyclic) bond motifs is 1. The first-order valence-electron chi connectivity index (χ1n) is 9.88. The van der Waals surface area contributed by atoms with Crippen molar-refractivity contribution in [3.63, 3.8) is 0 Å². The van der Waals surface area contributed by atoms with Crippen molar-refractivity contribution in [2.75, 3.05) is 19.8 Å². The molecule has 0 N–H and O–H groups in total. The van der Waals surface area contributed by atoms with E-state index in [1.54, 1.807) is 11.3 Å². The molecule has 1 amide bonds. The molecule has 0 aromatic carbocycles. The van der Waals surface area contributed by atoms with Gasteiger partial charge in [0.1, 0.15) is 5.00 Å². The third-order valence-electron chi connectivity index (χ3n) is 5.79. The Hall–Kier alpha value is -2.12. The highest BCUT2D eigenvalue weighted by Gasteiger charge is 2.37. The minimum absolute atomic E-state index is 0.120. The second-order valence-corrected chi connectivity index (χ2v) is 8.68. The van der Waals surface area contributed by atoms with E-state index in [4.69, 9.17) is 9.47 Å². The summed E-state index contributed by atoms with van der Waals surface area (Å²) in [6.45, 7) is 4.82. The first-order chi connectivity index (χ1) is 13.6. The quantitative estimate of drug-likeness (QED) is 0.735. The van der Waals surface area contributed by atoms with Crippen LogP contribution in [0.4, 0.5) is 0 Å². The first kappa shape index (κ1) is 19.2. The molecule has 0 spiro atoms. The molecule has 2 aliphatic rings. The van der Waals surface area contributed by atoms with Crippen LogP contribution < -0.4 is 0 Å². The van der Waals surface area contributed by atoms with E-state index in [0.29, 0.717) is 18.7 Å². The summed E-state index contributed by atoms with van der Waals surface area (Å²) in [5.74, 6) is -0.562. The van der Waals surface area contributed by atoms with Gasteiger partial charge in [-0.25, -0.2) is 4.79 Å². The van der Waals surface area contributed by atoms with Crippen LogP contribution in [-0.2, 0) is 14.3 Å². The lowest BCUT2D eigenvalue weighted by Gasteiger charge is -2.43. The van der Waals surface area contributed by atoms with Crippen LogP contribution in [0.25, 0.3) is 5.00 Å². The van der Waals surface area contributed by atoms with E-state index in [9.17, 15) is 9.59 Å². The maximum atomic E-state index is 12.8. The molecule has 150 valence electrons. The van der Waals surface area contributed by atoms with Crippen LogP contribution in [0.15, 0.2) is 24.5 Å². The zero-order valence-corrected chi connectivity index (χ0v) is 17.2. The van der Waals surface area contributed by atoms with Crippen LogP contribution in [0.2, 0.25) is 0 Å². The van der Waals surface area contributed by atoms with Crippen LogP contribution in [0, 0.1) is 13.8 Å². The number of esters is 1. The van der Waals surface area contributed by atoms with Crippen molar-refractivity contribution in [2.24, 2.45) is 0 Å². The number of carbonyl (C=O) groups excluding carboxylic acids is 2. The van der Waals surface area contributed by atoms with Gasteiger partial charge in [0, 0.05) is 23.8 Å². The summed E-state index contributed by atoms with van der Waals surface area (Å²) in [6, 6.07) is 3.96. The minimum Gasteiger partial charge on any atom is -0.452 e. The van der Waals surface area contributed by atoms with E-state index in [1.807, 2.05) is 47.8 Å². The Labute approximate surface area is 169 Å². The maximum absolute atomic E-state index is 12.8. The van der Waals surface area contributed by atoms with Gasteiger partial charge in [-0.05, 0) is 44.4 Å². The Kier molecular flexibility index (Phi) is 5.55. The molecule has 7 heteroatoms. The minimum atomic E-state index is -0.438. The molecule has 6 nitrogen and oxygen atoms in total. The van der Waals surface area contributed by atoms with Crippen molar-refractivity contribution < 1.29 is 19.1 Å². The number of hydrogen-bond donors (Lipinski definition) is 0. The summed E-state index contributed by atoms with van der Waals surface area (Å²) in [5, 5.41) is 0.830. The lowest BCUT2D eigenvalue weighted by atomic mass is 9.90. The number of aryl methyl sites for hydroxylation is 1. The Morgan fingerprint density at radius 1 is 1.21 bits per heavy atom. The lowest BCUT2D eigenvalue weighted by Crippen LogP contribution is -2.55. The molecular weight excluding hydrogens is 376 g/mol. The first-order valence-corrected chi connectivity index (χ1v) is 10.7. The molecule has 28 heavy (non-hydrogen) atoms. The van der Waals surface area contributed by atoms with Gasteiger partial charge in [0.05, 0.1) is 24.3 Å². The van der Waals surface area contributed by atoms with Crippen molar-refractivity contribution >= 4 is 23.2 Å². The number of carbonyl (C=O) groups is 2. The van der Waals surface area contributed by atoms with Crippen LogP contribution in [0.5, 0.6) is 0 Å². The van der Waals surface area contributed by atoms with Gasteiger partial charge in [-0.15, -0.1) is 11.3 Å². The van der Waals surface area contributed by atoms with Crippen molar-refractivity contribution in [1.82, 2.24) is 9.47 Å². The van der Waals surface area contributed by atoms with Gasteiger partial charge in [0.25, 0.3) is 5.91 Å². The van der Waals surface area contributed by atoms with Gasteiger partial charge in [-0.3, -0.25) is 4.79 Å². The van der Waals surface area contributed by atoms with E-state index in [0.717, 1.165) is 41.1 Å². The molecule has 1 aliphatic heterocycles. The van der Waals surface area contributed by atoms with E-state index >= 15 is 0 Å². The van der Waals surface area contributed by atoms with Gasteiger partial charge in [-0.1, -0.05) is 12.8 Å². The molecule has 2 aromatic rings. The molecule has 4 rings (SSSR count). The van der Waals surface area contributed by atoms with Gasteiger partial charge in [-0.2, -0.15) is 0 Å². The van der Waals surface area contributed by atoms with Crippen molar-refractivity contribution in [3.8, 4) is 5.00 Å². The summed E-state index contributed by atoms with van der Waals surface area (Å²) in [5.41, 5.74) is 1.45. The molecule has 1 aliphatic carbocycles. The third-order valence-corrected chi connectivity index (χ3v) is 7.01. The predicted octanol–water partition coefficient (Wildman–Crippen LogP) is 3.48. The molecule has 2 aromatic heterocycles. The molecule has 3 heterocycles. The van der Waals surface area contributed by atoms with Crippen molar-refractivity contribution in [3.05, 3.63) is 40.5 Å². The highest BCUT2D eigenvalue weighted by molar-refractivity contribution is 7.15. The molecular formula is C21H26N2O4S. The van der Waals surface area contributed by atoms with E-state index in [1.165, 1.54) is 0 Å². The molecule has 0 unspecified atom stereocenters. The lowest BCUT2D eigenvalue weighted by molar-refractivity contribution is -0.152. The maximum Gasteiger partial charge on any atom is 0.341 e. The number of hydrogen-bond acceptors (Lipinski definition) is 5. The topological polar surface area (TPSA) is 60.8 Å². The highest BCUT2D eigenvalue weighted by Crippen LogP contribution is 2.32. The Balaban J connectivity index is 1.45. The number of aromatic nitrogens is 1. The van der Waals surface area contributed by atoms with Crippen LogP contribution in [-0.4, -0.2) is 53.2 Å². The van der Waals surface area contributed by atoms with E-state index in [2.05, 4.69) is 0 Å². The van der Waals surface area contributed by atoms with Crippen LogP contribution in [0.1, 0.15) is 46.5 Å². The zero-order chi connectivity index (χ0) is 19.7. The second-order valence-electron chi connectivity index (χ2n) is 7.48.